The molecule has 32 heavy (non-hydrogen) atoms. The van der Waals surface area contributed by atoms with Crippen LogP contribution in [0.15, 0.2) is 42.9 Å². The van der Waals surface area contributed by atoms with Gasteiger partial charge in [0.05, 0.1) is 12.2 Å². The molecule has 5 N–H and O–H groups in total. The Labute approximate surface area is 181 Å². The van der Waals surface area contributed by atoms with Crippen LogP contribution in [0.25, 0.3) is 17.2 Å². The maximum atomic E-state index is 13.4. The standard InChI is InChI=1S/C21H19FN8O2/c1-21(11-2-4-12(22)5-3-11)14-15(23)27-16(28-17(14)29-20(21)32)13-10-30-8-6-25-19(30)18(26-13)24-7-9-31/h2-6,8,10,31H,7,9H2,1H3,(H,24,26)(H3,23,27,28,29,32). The van der Waals surface area contributed by atoms with Crippen LogP contribution in [0.3, 0.4) is 0 Å². The summed E-state index contributed by atoms with van der Waals surface area (Å²) in [7, 11) is 0. The van der Waals surface area contributed by atoms with E-state index in [2.05, 4.69) is 30.6 Å². The second-order valence-electron chi connectivity index (χ2n) is 7.53. The lowest BCUT2D eigenvalue weighted by molar-refractivity contribution is -0.119. The maximum Gasteiger partial charge on any atom is 0.240 e. The van der Waals surface area contributed by atoms with Crippen LogP contribution in [-0.4, -0.2) is 48.5 Å². The molecule has 1 amide bonds. The number of aromatic nitrogens is 5. The lowest BCUT2D eigenvalue weighted by atomic mass is 9.78. The zero-order valence-corrected chi connectivity index (χ0v) is 17.0. The highest BCUT2D eigenvalue weighted by molar-refractivity contribution is 6.09. The lowest BCUT2D eigenvalue weighted by Crippen LogP contribution is -2.33. The van der Waals surface area contributed by atoms with Gasteiger partial charge in [0.15, 0.2) is 17.3 Å². The molecule has 0 spiro atoms. The van der Waals surface area contributed by atoms with Gasteiger partial charge in [0.25, 0.3) is 0 Å². The SMILES string of the molecule is CC1(c2ccc(F)cc2)C(=O)Nc2nc(-c3cn4ccnc4c(NCCO)n3)nc(N)c21. The third kappa shape index (κ3) is 2.94. The molecule has 0 saturated heterocycles. The topological polar surface area (TPSA) is 143 Å². The van der Waals surface area contributed by atoms with Crippen LogP contribution in [0, 0.1) is 5.82 Å². The lowest BCUT2D eigenvalue weighted by Gasteiger charge is -2.23. The molecule has 0 aliphatic carbocycles. The highest BCUT2D eigenvalue weighted by Gasteiger charge is 2.47. The third-order valence-electron chi connectivity index (χ3n) is 5.55. The number of hydrogen-bond donors (Lipinski definition) is 4. The van der Waals surface area contributed by atoms with Gasteiger partial charge in [-0.1, -0.05) is 12.1 Å². The molecule has 11 heteroatoms. The summed E-state index contributed by atoms with van der Waals surface area (Å²) >= 11 is 0. The summed E-state index contributed by atoms with van der Waals surface area (Å²) in [5, 5.41) is 14.9. The van der Waals surface area contributed by atoms with Crippen LogP contribution >= 0.6 is 0 Å². The van der Waals surface area contributed by atoms with E-state index in [0.717, 1.165) is 0 Å². The van der Waals surface area contributed by atoms with Crippen molar-refractivity contribution in [1.29, 1.82) is 0 Å². The van der Waals surface area contributed by atoms with E-state index < -0.39 is 11.2 Å². The van der Waals surface area contributed by atoms with E-state index in [-0.39, 0.29) is 36.5 Å². The van der Waals surface area contributed by atoms with Crippen LogP contribution in [-0.2, 0) is 10.2 Å². The summed E-state index contributed by atoms with van der Waals surface area (Å²) in [6.45, 7) is 1.92. The fourth-order valence-electron chi connectivity index (χ4n) is 3.91. The molecule has 0 bridgehead atoms. The number of benzene rings is 1. The molecule has 4 aromatic rings. The van der Waals surface area contributed by atoms with Gasteiger partial charge >= 0.3 is 0 Å². The molecule has 3 aromatic heterocycles. The number of anilines is 3. The summed E-state index contributed by atoms with van der Waals surface area (Å²) in [6, 6.07) is 5.68. The number of hydrogen-bond acceptors (Lipinski definition) is 8. The molecular weight excluding hydrogens is 415 g/mol. The van der Waals surface area contributed by atoms with Gasteiger partial charge in [0.2, 0.25) is 5.91 Å². The molecule has 4 heterocycles. The minimum Gasteiger partial charge on any atom is -0.395 e. The fourth-order valence-corrected chi connectivity index (χ4v) is 3.91. The number of nitrogen functional groups attached to an aromatic ring is 1. The van der Waals surface area contributed by atoms with E-state index in [1.807, 2.05) is 0 Å². The highest BCUT2D eigenvalue weighted by atomic mass is 19.1. The Morgan fingerprint density at radius 3 is 2.78 bits per heavy atom. The number of carbonyl (C=O) groups excluding carboxylic acids is 1. The normalized spacial score (nSPS) is 17.4. The van der Waals surface area contributed by atoms with Crippen molar-refractivity contribution in [3.05, 3.63) is 59.8 Å². The predicted octanol–water partition coefficient (Wildman–Crippen LogP) is 1.57. The number of nitrogens with zero attached hydrogens (tertiary/aromatic N) is 5. The van der Waals surface area contributed by atoms with Crippen LogP contribution in [0.1, 0.15) is 18.1 Å². The van der Waals surface area contributed by atoms with E-state index >= 15 is 0 Å². The minimum atomic E-state index is -1.17. The number of halogens is 1. The third-order valence-corrected chi connectivity index (χ3v) is 5.55. The number of rotatable bonds is 5. The Bertz CT molecular complexity index is 1350. The molecule has 1 atom stereocenters. The number of imidazole rings is 1. The first kappa shape index (κ1) is 19.8. The maximum absolute atomic E-state index is 13.4. The summed E-state index contributed by atoms with van der Waals surface area (Å²) in [5.41, 5.74) is 7.13. The molecule has 1 aromatic carbocycles. The second kappa shape index (κ2) is 7.24. The summed E-state index contributed by atoms with van der Waals surface area (Å²) in [5.74, 6) is 0.328. The molecule has 10 nitrogen and oxygen atoms in total. The zero-order chi connectivity index (χ0) is 22.5. The zero-order valence-electron chi connectivity index (χ0n) is 17.0. The Hall–Kier alpha value is -4.12. The number of nitrogens with one attached hydrogen (secondary N) is 2. The number of carbonyl (C=O) groups is 1. The molecule has 1 unspecified atom stereocenters. The van der Waals surface area contributed by atoms with Crippen LogP contribution < -0.4 is 16.4 Å². The first-order valence-corrected chi connectivity index (χ1v) is 9.86. The van der Waals surface area contributed by atoms with E-state index in [9.17, 15) is 9.18 Å². The average molecular weight is 434 g/mol. The van der Waals surface area contributed by atoms with Gasteiger partial charge in [-0.3, -0.25) is 4.79 Å². The Balaban J connectivity index is 1.63. The Kier molecular flexibility index (Phi) is 4.48. The Morgan fingerprint density at radius 1 is 1.25 bits per heavy atom. The number of aliphatic hydroxyl groups is 1. The summed E-state index contributed by atoms with van der Waals surface area (Å²) in [6.07, 6.45) is 5.06. The van der Waals surface area contributed by atoms with Crippen molar-refractivity contribution in [2.45, 2.75) is 12.3 Å². The quantitative estimate of drug-likeness (QED) is 0.371. The average Bonchev–Trinajstić information content (AvgIpc) is 3.35. The molecular formula is C21H19FN8O2. The van der Waals surface area contributed by atoms with Gasteiger partial charge in [-0.05, 0) is 24.6 Å². The second-order valence-corrected chi connectivity index (χ2v) is 7.53. The van der Waals surface area contributed by atoms with Gasteiger partial charge in [-0.2, -0.15) is 0 Å². The smallest absolute Gasteiger partial charge is 0.240 e. The van der Waals surface area contributed by atoms with Crippen molar-refractivity contribution in [2.24, 2.45) is 0 Å². The van der Waals surface area contributed by atoms with E-state index in [0.29, 0.717) is 28.3 Å². The molecule has 0 fully saturated rings. The van der Waals surface area contributed by atoms with Gasteiger partial charge in [-0.15, -0.1) is 0 Å². The monoisotopic (exact) mass is 434 g/mol. The van der Waals surface area contributed by atoms with E-state index in [1.54, 1.807) is 42.0 Å². The molecule has 1 aliphatic heterocycles. The number of aliphatic hydroxyl groups excluding tert-OH is 1. The highest BCUT2D eigenvalue weighted by Crippen LogP contribution is 2.44. The number of fused-ring (bicyclic) bond motifs is 2. The molecule has 0 saturated carbocycles. The van der Waals surface area contributed by atoms with Crippen molar-refractivity contribution in [2.75, 3.05) is 29.5 Å². The van der Waals surface area contributed by atoms with Crippen molar-refractivity contribution in [3.8, 4) is 11.5 Å². The predicted molar refractivity (Wildman–Crippen MR) is 115 cm³/mol. The molecule has 0 radical (unpaired) electrons. The summed E-state index contributed by atoms with van der Waals surface area (Å²) < 4.78 is 15.2. The van der Waals surface area contributed by atoms with Crippen LogP contribution in [0.5, 0.6) is 0 Å². The van der Waals surface area contributed by atoms with Crippen molar-refractivity contribution in [3.63, 3.8) is 0 Å². The van der Waals surface area contributed by atoms with Gasteiger partial charge in [0, 0.05) is 25.1 Å². The molecule has 162 valence electrons. The fraction of sp³-hybridized carbons (Fsp3) is 0.190. The van der Waals surface area contributed by atoms with Gasteiger partial charge in [-0.25, -0.2) is 24.3 Å². The van der Waals surface area contributed by atoms with E-state index in [1.165, 1.54) is 12.1 Å². The largest absolute Gasteiger partial charge is 0.395 e. The first-order valence-electron chi connectivity index (χ1n) is 9.86. The van der Waals surface area contributed by atoms with Crippen molar-refractivity contribution >= 4 is 29.0 Å². The van der Waals surface area contributed by atoms with Crippen molar-refractivity contribution < 1.29 is 14.3 Å². The molecule has 5 rings (SSSR count). The van der Waals surface area contributed by atoms with E-state index in [4.69, 9.17) is 10.8 Å². The number of nitrogens with two attached hydrogens (primary N) is 1. The van der Waals surface area contributed by atoms with Gasteiger partial charge in [0.1, 0.15) is 28.6 Å². The van der Waals surface area contributed by atoms with Gasteiger partial charge < -0.3 is 25.9 Å². The summed E-state index contributed by atoms with van der Waals surface area (Å²) in [4.78, 5) is 30.7. The Morgan fingerprint density at radius 2 is 2.03 bits per heavy atom. The minimum absolute atomic E-state index is 0.0743. The first-order chi connectivity index (χ1) is 15.4. The van der Waals surface area contributed by atoms with Crippen molar-refractivity contribution in [1.82, 2.24) is 24.3 Å². The van der Waals surface area contributed by atoms with Crippen LogP contribution in [0.2, 0.25) is 0 Å². The van der Waals surface area contributed by atoms with Crippen LogP contribution in [0.4, 0.5) is 21.8 Å². The molecule has 1 aliphatic rings. The number of amides is 1.